The summed E-state index contributed by atoms with van der Waals surface area (Å²) in [7, 11) is 0. The summed E-state index contributed by atoms with van der Waals surface area (Å²) in [5.74, 6) is -1.58. The van der Waals surface area contributed by atoms with E-state index in [1.807, 2.05) is 0 Å². The number of hydrogen-bond donors (Lipinski definition) is 2. The molecule has 0 aliphatic carbocycles. The van der Waals surface area contributed by atoms with Crippen LogP contribution in [0.1, 0.15) is 33.3 Å². The predicted octanol–water partition coefficient (Wildman–Crippen LogP) is 2.98. The van der Waals surface area contributed by atoms with Crippen molar-refractivity contribution >= 4 is 12.1 Å². The van der Waals surface area contributed by atoms with Gasteiger partial charge in [0.2, 0.25) is 0 Å². The van der Waals surface area contributed by atoms with Gasteiger partial charge in [-0.2, -0.15) is 0 Å². The molecule has 1 unspecified atom stereocenters. The Kier molecular flexibility index (Phi) is 5.52. The van der Waals surface area contributed by atoms with Crippen LogP contribution in [0.5, 0.6) is 0 Å². The highest BCUT2D eigenvalue weighted by molar-refractivity contribution is 5.76. The quantitative estimate of drug-likeness (QED) is 0.876. The van der Waals surface area contributed by atoms with Crippen molar-refractivity contribution in [3.63, 3.8) is 0 Å². The number of ether oxygens (including phenoxy) is 1. The third-order valence-corrected chi connectivity index (χ3v) is 3.08. The number of alkyl carbamates (subject to hydrolysis) is 1. The maximum Gasteiger partial charge on any atom is 0.407 e. The van der Waals surface area contributed by atoms with E-state index in [4.69, 9.17) is 4.74 Å². The lowest BCUT2D eigenvalue weighted by molar-refractivity contribution is -0.147. The van der Waals surface area contributed by atoms with Crippen molar-refractivity contribution < 1.29 is 23.8 Å². The maximum absolute atomic E-state index is 13.7. The van der Waals surface area contributed by atoms with Gasteiger partial charge in [0.25, 0.3) is 0 Å². The fraction of sp³-hybridized carbons (Fsp3) is 0.500. The molecule has 0 spiro atoms. The van der Waals surface area contributed by atoms with Crippen LogP contribution in [0.25, 0.3) is 0 Å². The molecule has 1 aromatic carbocycles. The van der Waals surface area contributed by atoms with E-state index < -0.39 is 28.9 Å². The van der Waals surface area contributed by atoms with Gasteiger partial charge in [-0.1, -0.05) is 18.2 Å². The first-order valence-electron chi connectivity index (χ1n) is 6.97. The molecule has 0 aliphatic heterocycles. The molecule has 2 N–H and O–H groups in total. The van der Waals surface area contributed by atoms with Crippen LogP contribution in [0.2, 0.25) is 0 Å². The third kappa shape index (κ3) is 5.35. The molecule has 6 heteroatoms. The Hall–Kier alpha value is -2.11. The van der Waals surface area contributed by atoms with Gasteiger partial charge in [0, 0.05) is 6.54 Å². The molecular formula is C16H22FNO4. The summed E-state index contributed by atoms with van der Waals surface area (Å²) >= 11 is 0. The average Bonchev–Trinajstić information content (AvgIpc) is 2.37. The van der Waals surface area contributed by atoms with E-state index in [1.165, 1.54) is 25.1 Å². The van der Waals surface area contributed by atoms with E-state index in [9.17, 15) is 19.1 Å². The number of nitrogens with one attached hydrogen (secondary N) is 1. The standard InChI is InChI=1S/C16H22FNO4/c1-15(2,3)22-14(21)18-10-16(4,13(19)20)9-11-7-5-6-8-12(11)17/h5-8H,9-10H2,1-4H3,(H,18,21)(H,19,20). The van der Waals surface area contributed by atoms with Crippen molar-refractivity contribution in [2.24, 2.45) is 5.41 Å². The number of rotatable bonds is 5. The van der Waals surface area contributed by atoms with Gasteiger partial charge in [-0.25, -0.2) is 9.18 Å². The Morgan fingerprint density at radius 1 is 1.23 bits per heavy atom. The summed E-state index contributed by atoms with van der Waals surface area (Å²) in [5.41, 5.74) is -1.72. The van der Waals surface area contributed by atoms with Crippen LogP contribution in [-0.4, -0.2) is 29.3 Å². The van der Waals surface area contributed by atoms with Crippen molar-refractivity contribution in [1.82, 2.24) is 5.32 Å². The highest BCUT2D eigenvalue weighted by atomic mass is 19.1. The molecule has 0 aromatic heterocycles. The molecule has 122 valence electrons. The fourth-order valence-corrected chi connectivity index (χ4v) is 1.86. The molecule has 0 fully saturated rings. The summed E-state index contributed by atoms with van der Waals surface area (Å²) in [6.07, 6.45) is -0.737. The number of carboxylic acid groups (broad SMARTS) is 1. The number of amides is 1. The molecule has 1 aromatic rings. The largest absolute Gasteiger partial charge is 0.481 e. The van der Waals surface area contributed by atoms with E-state index in [2.05, 4.69) is 5.32 Å². The van der Waals surface area contributed by atoms with Crippen molar-refractivity contribution in [2.45, 2.75) is 39.7 Å². The van der Waals surface area contributed by atoms with Crippen LogP contribution in [0.4, 0.5) is 9.18 Å². The lowest BCUT2D eigenvalue weighted by atomic mass is 9.83. The van der Waals surface area contributed by atoms with Gasteiger partial charge >= 0.3 is 12.1 Å². The van der Waals surface area contributed by atoms with Crippen molar-refractivity contribution in [3.8, 4) is 0 Å². The number of benzene rings is 1. The summed E-state index contributed by atoms with van der Waals surface area (Å²) in [4.78, 5) is 23.2. The van der Waals surface area contributed by atoms with Crippen LogP contribution in [0.3, 0.4) is 0 Å². The maximum atomic E-state index is 13.7. The Labute approximate surface area is 129 Å². The second kappa shape index (κ2) is 6.77. The van der Waals surface area contributed by atoms with E-state index in [0.29, 0.717) is 5.56 Å². The Morgan fingerprint density at radius 2 is 1.82 bits per heavy atom. The zero-order chi connectivity index (χ0) is 17.0. The van der Waals surface area contributed by atoms with Gasteiger partial charge in [0.1, 0.15) is 11.4 Å². The van der Waals surface area contributed by atoms with Crippen molar-refractivity contribution in [2.75, 3.05) is 6.54 Å². The van der Waals surface area contributed by atoms with Crippen LogP contribution in [-0.2, 0) is 16.0 Å². The number of carbonyl (C=O) groups is 2. The molecular weight excluding hydrogens is 289 g/mol. The van der Waals surface area contributed by atoms with Gasteiger partial charge in [-0.3, -0.25) is 4.79 Å². The first kappa shape index (κ1) is 17.9. The van der Waals surface area contributed by atoms with E-state index >= 15 is 0 Å². The number of carboxylic acids is 1. The van der Waals surface area contributed by atoms with Crippen LogP contribution >= 0.6 is 0 Å². The van der Waals surface area contributed by atoms with Crippen LogP contribution in [0, 0.1) is 11.2 Å². The van der Waals surface area contributed by atoms with Gasteiger partial charge in [0.05, 0.1) is 5.41 Å². The van der Waals surface area contributed by atoms with Crippen LogP contribution < -0.4 is 5.32 Å². The SMILES string of the molecule is CC(C)(C)OC(=O)NCC(C)(Cc1ccccc1F)C(=O)O. The number of aliphatic carboxylic acids is 1. The Morgan fingerprint density at radius 3 is 2.32 bits per heavy atom. The molecule has 1 atom stereocenters. The number of halogens is 1. The lowest BCUT2D eigenvalue weighted by Gasteiger charge is -2.26. The zero-order valence-electron chi connectivity index (χ0n) is 13.3. The van der Waals surface area contributed by atoms with Gasteiger partial charge < -0.3 is 15.2 Å². The van der Waals surface area contributed by atoms with Gasteiger partial charge in [-0.15, -0.1) is 0 Å². The molecule has 0 bridgehead atoms. The zero-order valence-corrected chi connectivity index (χ0v) is 13.3. The molecule has 0 radical (unpaired) electrons. The van der Waals surface area contributed by atoms with Gasteiger partial charge in [-0.05, 0) is 45.7 Å². The summed E-state index contributed by atoms with van der Waals surface area (Å²) in [5, 5.41) is 11.9. The highest BCUT2D eigenvalue weighted by Gasteiger charge is 2.35. The molecule has 0 saturated carbocycles. The lowest BCUT2D eigenvalue weighted by Crippen LogP contribution is -2.44. The second-order valence-corrected chi connectivity index (χ2v) is 6.49. The monoisotopic (exact) mass is 311 g/mol. The first-order chi connectivity index (χ1) is 10.0. The minimum atomic E-state index is -1.33. The molecule has 0 heterocycles. The topological polar surface area (TPSA) is 75.6 Å². The van der Waals surface area contributed by atoms with Crippen molar-refractivity contribution in [3.05, 3.63) is 35.6 Å². The molecule has 1 amide bonds. The Balaban J connectivity index is 2.78. The predicted molar refractivity (Wildman–Crippen MR) is 80.1 cm³/mol. The minimum absolute atomic E-state index is 0.0369. The first-order valence-corrected chi connectivity index (χ1v) is 6.97. The number of carbonyl (C=O) groups excluding carboxylic acids is 1. The highest BCUT2D eigenvalue weighted by Crippen LogP contribution is 2.24. The summed E-state index contributed by atoms with van der Waals surface area (Å²) in [6, 6.07) is 5.99. The normalized spacial score (nSPS) is 14.0. The molecule has 1 rings (SSSR count). The minimum Gasteiger partial charge on any atom is -0.481 e. The van der Waals surface area contributed by atoms with Gasteiger partial charge in [0.15, 0.2) is 0 Å². The van der Waals surface area contributed by atoms with Crippen LogP contribution in [0.15, 0.2) is 24.3 Å². The Bertz CT molecular complexity index is 553. The summed E-state index contributed by atoms with van der Waals surface area (Å²) < 4.78 is 18.8. The second-order valence-electron chi connectivity index (χ2n) is 6.49. The number of hydrogen-bond acceptors (Lipinski definition) is 3. The van der Waals surface area contributed by atoms with E-state index in [-0.39, 0.29) is 13.0 Å². The third-order valence-electron chi connectivity index (χ3n) is 3.08. The smallest absolute Gasteiger partial charge is 0.407 e. The molecule has 0 saturated heterocycles. The average molecular weight is 311 g/mol. The fourth-order valence-electron chi connectivity index (χ4n) is 1.86. The molecule has 0 aliphatic rings. The van der Waals surface area contributed by atoms with E-state index in [0.717, 1.165) is 0 Å². The molecule has 5 nitrogen and oxygen atoms in total. The summed E-state index contributed by atoms with van der Waals surface area (Å²) in [6.45, 7) is 6.43. The van der Waals surface area contributed by atoms with E-state index in [1.54, 1.807) is 26.8 Å². The van der Waals surface area contributed by atoms with Crippen molar-refractivity contribution in [1.29, 1.82) is 0 Å². The molecule has 22 heavy (non-hydrogen) atoms.